The van der Waals surface area contributed by atoms with Crippen molar-refractivity contribution in [2.24, 2.45) is 0 Å². The average Bonchev–Trinajstić information content (AvgIpc) is 2.21. The summed E-state index contributed by atoms with van der Waals surface area (Å²) in [5, 5.41) is 0. The van der Waals surface area contributed by atoms with Gasteiger partial charge in [0.15, 0.2) is 0 Å². The highest BCUT2D eigenvalue weighted by molar-refractivity contribution is 5.02. The van der Waals surface area contributed by atoms with Crippen molar-refractivity contribution >= 4 is 0 Å². The van der Waals surface area contributed by atoms with Gasteiger partial charge in [0.05, 0.1) is 11.9 Å². The molecule has 0 aliphatic carbocycles. The van der Waals surface area contributed by atoms with Crippen molar-refractivity contribution in [2.75, 3.05) is 13.2 Å². The summed E-state index contributed by atoms with van der Waals surface area (Å²) in [6, 6.07) is 0. The third-order valence-corrected chi connectivity index (χ3v) is 2.28. The van der Waals surface area contributed by atoms with E-state index in [9.17, 15) is 0 Å². The van der Waals surface area contributed by atoms with Crippen molar-refractivity contribution < 1.29 is 9.47 Å². The van der Waals surface area contributed by atoms with Crippen molar-refractivity contribution in [3.8, 4) is 0 Å². The van der Waals surface area contributed by atoms with Crippen LogP contribution in [-0.2, 0) is 9.47 Å². The van der Waals surface area contributed by atoms with Crippen LogP contribution in [0.3, 0.4) is 0 Å². The van der Waals surface area contributed by atoms with E-state index in [0.29, 0.717) is 0 Å². The Morgan fingerprint density at radius 3 is 2.21 bits per heavy atom. The van der Waals surface area contributed by atoms with Gasteiger partial charge in [0.2, 0.25) is 0 Å². The Morgan fingerprint density at radius 2 is 2.00 bits per heavy atom. The molecule has 0 atom stereocenters. The fourth-order valence-corrected chi connectivity index (χ4v) is 1.42. The van der Waals surface area contributed by atoms with Crippen LogP contribution in [0.4, 0.5) is 0 Å². The molecule has 0 saturated carbocycles. The molecule has 0 unspecified atom stereocenters. The molecule has 0 aromatic heterocycles. The third kappa shape index (κ3) is 5.07. The highest BCUT2D eigenvalue weighted by atomic mass is 16.5. The first kappa shape index (κ1) is 11.3. The molecule has 0 spiro atoms. The Kier molecular flexibility index (Phi) is 4.74. The zero-order valence-electron chi connectivity index (χ0n) is 9.16. The quantitative estimate of drug-likeness (QED) is 0.593. The van der Waals surface area contributed by atoms with Gasteiger partial charge in [-0.25, -0.2) is 0 Å². The Hall–Kier alpha value is -0.760. The summed E-state index contributed by atoms with van der Waals surface area (Å²) in [7, 11) is 0. The van der Waals surface area contributed by atoms with E-state index < -0.39 is 0 Å². The van der Waals surface area contributed by atoms with Crippen LogP contribution < -0.4 is 0 Å². The van der Waals surface area contributed by atoms with E-state index in [1.54, 1.807) is 6.26 Å². The molecule has 2 rings (SSSR count). The van der Waals surface area contributed by atoms with E-state index in [4.69, 9.17) is 9.47 Å². The standard InChI is InChI=1S/C7H14O.C5H6O/c1-7(2)5-3-4-6-8-7;1-2-4-6-5-3-1/h3-6H2,1-2H3;1-4H,5H2. The molecule has 1 fully saturated rings. The Labute approximate surface area is 86.6 Å². The van der Waals surface area contributed by atoms with Crippen LogP contribution in [0.25, 0.3) is 0 Å². The van der Waals surface area contributed by atoms with Gasteiger partial charge >= 0.3 is 0 Å². The summed E-state index contributed by atoms with van der Waals surface area (Å²) in [4.78, 5) is 0. The van der Waals surface area contributed by atoms with Crippen molar-refractivity contribution in [3.63, 3.8) is 0 Å². The van der Waals surface area contributed by atoms with E-state index in [-0.39, 0.29) is 5.60 Å². The summed E-state index contributed by atoms with van der Waals surface area (Å²) in [5.41, 5.74) is 0.179. The van der Waals surface area contributed by atoms with E-state index in [2.05, 4.69) is 13.8 Å². The van der Waals surface area contributed by atoms with Crippen LogP contribution in [0.2, 0.25) is 0 Å². The van der Waals surface area contributed by atoms with Crippen molar-refractivity contribution in [1.29, 1.82) is 0 Å². The van der Waals surface area contributed by atoms with Gasteiger partial charge in [0, 0.05) is 6.61 Å². The van der Waals surface area contributed by atoms with Gasteiger partial charge < -0.3 is 9.47 Å². The highest BCUT2D eigenvalue weighted by Crippen LogP contribution is 2.22. The maximum Gasteiger partial charge on any atom is 0.106 e. The lowest BCUT2D eigenvalue weighted by atomic mass is 9.99. The molecule has 2 nitrogen and oxygen atoms in total. The summed E-state index contributed by atoms with van der Waals surface area (Å²) in [5.74, 6) is 0. The first-order chi connectivity index (χ1) is 6.71. The molecule has 2 heteroatoms. The minimum atomic E-state index is 0.179. The predicted octanol–water partition coefficient (Wildman–Crippen LogP) is 3.05. The molecular weight excluding hydrogens is 176 g/mol. The first-order valence-corrected chi connectivity index (χ1v) is 5.28. The predicted molar refractivity (Wildman–Crippen MR) is 58.1 cm³/mol. The number of allylic oxidation sites excluding steroid dienone is 2. The molecule has 0 bridgehead atoms. The molecule has 0 N–H and O–H groups in total. The minimum absolute atomic E-state index is 0.179. The third-order valence-electron chi connectivity index (χ3n) is 2.28. The second-order valence-electron chi connectivity index (χ2n) is 4.16. The summed E-state index contributed by atoms with van der Waals surface area (Å²) in [6.45, 7) is 6.02. The number of ether oxygens (including phenoxy) is 2. The molecule has 0 radical (unpaired) electrons. The number of hydrogen-bond acceptors (Lipinski definition) is 2. The maximum absolute atomic E-state index is 5.47. The zero-order chi connectivity index (χ0) is 10.3. The van der Waals surface area contributed by atoms with E-state index in [1.807, 2.05) is 18.2 Å². The summed E-state index contributed by atoms with van der Waals surface area (Å²) < 4.78 is 10.3. The van der Waals surface area contributed by atoms with E-state index in [0.717, 1.165) is 13.2 Å². The molecule has 0 aromatic rings. The van der Waals surface area contributed by atoms with Crippen LogP contribution in [0.1, 0.15) is 33.1 Å². The monoisotopic (exact) mass is 196 g/mol. The Bertz CT molecular complexity index is 184. The highest BCUT2D eigenvalue weighted by Gasteiger charge is 2.20. The van der Waals surface area contributed by atoms with Gasteiger partial charge in [0.25, 0.3) is 0 Å². The average molecular weight is 196 g/mol. The van der Waals surface area contributed by atoms with Gasteiger partial charge in [0.1, 0.15) is 6.61 Å². The molecule has 0 aromatic carbocycles. The van der Waals surface area contributed by atoms with Gasteiger partial charge in [-0.15, -0.1) is 0 Å². The molecule has 1 saturated heterocycles. The van der Waals surface area contributed by atoms with E-state index in [1.165, 1.54) is 19.3 Å². The molecule has 2 aliphatic rings. The Morgan fingerprint density at radius 1 is 1.14 bits per heavy atom. The molecule has 0 amide bonds. The van der Waals surface area contributed by atoms with Crippen LogP contribution >= 0.6 is 0 Å². The lowest BCUT2D eigenvalue weighted by molar-refractivity contribution is -0.0511. The second-order valence-corrected chi connectivity index (χ2v) is 4.16. The number of rotatable bonds is 0. The van der Waals surface area contributed by atoms with Gasteiger partial charge in [-0.1, -0.05) is 6.08 Å². The van der Waals surface area contributed by atoms with Crippen LogP contribution in [0.5, 0.6) is 0 Å². The molecule has 14 heavy (non-hydrogen) atoms. The van der Waals surface area contributed by atoms with Crippen LogP contribution in [-0.4, -0.2) is 18.8 Å². The fourth-order valence-electron chi connectivity index (χ4n) is 1.42. The van der Waals surface area contributed by atoms with Crippen LogP contribution in [0.15, 0.2) is 24.5 Å². The molecule has 2 heterocycles. The summed E-state index contributed by atoms with van der Waals surface area (Å²) in [6.07, 6.45) is 11.3. The lowest BCUT2D eigenvalue weighted by Crippen LogP contribution is -2.28. The fraction of sp³-hybridized carbons (Fsp3) is 0.667. The van der Waals surface area contributed by atoms with E-state index >= 15 is 0 Å². The summed E-state index contributed by atoms with van der Waals surface area (Å²) >= 11 is 0. The number of hydrogen-bond donors (Lipinski definition) is 0. The van der Waals surface area contributed by atoms with Crippen LogP contribution in [0, 0.1) is 0 Å². The molecule has 2 aliphatic heterocycles. The van der Waals surface area contributed by atoms with Gasteiger partial charge in [-0.3, -0.25) is 0 Å². The second kappa shape index (κ2) is 5.86. The topological polar surface area (TPSA) is 18.5 Å². The zero-order valence-corrected chi connectivity index (χ0v) is 9.16. The van der Waals surface area contributed by atoms with Gasteiger partial charge in [-0.05, 0) is 45.3 Å². The van der Waals surface area contributed by atoms with Crippen molar-refractivity contribution in [3.05, 3.63) is 24.5 Å². The maximum atomic E-state index is 5.47. The largest absolute Gasteiger partial charge is 0.497 e. The molecular formula is C12H20O2. The minimum Gasteiger partial charge on any atom is -0.497 e. The Balaban J connectivity index is 0.000000146. The first-order valence-electron chi connectivity index (χ1n) is 5.28. The van der Waals surface area contributed by atoms with Crippen molar-refractivity contribution in [2.45, 2.75) is 38.7 Å². The SMILES string of the molecule is C1=CCOC=C1.CC1(C)CCCCO1. The smallest absolute Gasteiger partial charge is 0.106 e. The molecule has 80 valence electrons. The van der Waals surface area contributed by atoms with Gasteiger partial charge in [-0.2, -0.15) is 0 Å². The van der Waals surface area contributed by atoms with Crippen molar-refractivity contribution in [1.82, 2.24) is 0 Å². The lowest BCUT2D eigenvalue weighted by Gasteiger charge is -2.29. The normalized spacial score (nSPS) is 23.3.